The number of thiophene rings is 1. The normalized spacial score (nSPS) is 21.2. The van der Waals surface area contributed by atoms with E-state index in [-0.39, 0.29) is 36.1 Å². The van der Waals surface area contributed by atoms with Gasteiger partial charge < -0.3 is 10.2 Å². The van der Waals surface area contributed by atoms with E-state index >= 15 is 0 Å². The molecule has 0 saturated carbocycles. The lowest BCUT2D eigenvalue weighted by Gasteiger charge is -2.25. The quantitative estimate of drug-likeness (QED) is 0.945. The molecule has 2 amide bonds. The number of likely N-dealkylation sites (N-methyl/N-ethyl adjacent to an activating group) is 1. The molecule has 4 nitrogen and oxygen atoms in total. The van der Waals surface area contributed by atoms with Crippen LogP contribution < -0.4 is 5.32 Å². The molecule has 0 unspecified atom stereocenters. The first-order chi connectivity index (χ1) is 10.6. The number of hydrogen-bond donors (Lipinski definition) is 1. The maximum absolute atomic E-state index is 13.1. The molecule has 0 aliphatic carbocycles. The highest BCUT2D eigenvalue weighted by atomic mass is 32.1. The molecule has 1 aliphatic rings. The summed E-state index contributed by atoms with van der Waals surface area (Å²) in [6.45, 7) is 0. The lowest BCUT2D eigenvalue weighted by Crippen LogP contribution is -2.38. The average Bonchev–Trinajstić information content (AvgIpc) is 3.11. The number of rotatable bonds is 3. The largest absolute Gasteiger partial charge is 0.346 e. The van der Waals surface area contributed by atoms with Crippen molar-refractivity contribution in [3.05, 3.63) is 58.0 Å². The van der Waals surface area contributed by atoms with Crippen LogP contribution in [0.2, 0.25) is 0 Å². The van der Waals surface area contributed by atoms with Crippen molar-refractivity contribution in [2.45, 2.75) is 18.5 Å². The fourth-order valence-corrected chi connectivity index (χ4v) is 3.39. The average molecular weight is 318 g/mol. The lowest BCUT2D eigenvalue weighted by atomic mass is 10.00. The number of nitrogens with zero attached hydrogens (tertiary/aromatic N) is 1. The highest BCUT2D eigenvalue weighted by Crippen LogP contribution is 2.32. The Morgan fingerprint density at radius 3 is 2.68 bits per heavy atom. The van der Waals surface area contributed by atoms with Gasteiger partial charge in [0.05, 0.1) is 17.0 Å². The molecule has 1 saturated heterocycles. The van der Waals surface area contributed by atoms with Gasteiger partial charge >= 0.3 is 0 Å². The first kappa shape index (κ1) is 14.7. The zero-order valence-electron chi connectivity index (χ0n) is 12.0. The van der Waals surface area contributed by atoms with Gasteiger partial charge in [-0.3, -0.25) is 9.59 Å². The monoisotopic (exact) mass is 318 g/mol. The topological polar surface area (TPSA) is 49.4 Å². The van der Waals surface area contributed by atoms with Crippen molar-refractivity contribution in [2.75, 3.05) is 7.05 Å². The number of benzene rings is 1. The van der Waals surface area contributed by atoms with Crippen molar-refractivity contribution in [1.29, 1.82) is 0 Å². The van der Waals surface area contributed by atoms with Gasteiger partial charge in [0.25, 0.3) is 5.91 Å². The minimum absolute atomic E-state index is 0.0363. The molecule has 2 heterocycles. The predicted octanol–water partition coefficient (Wildman–Crippen LogP) is 2.59. The molecule has 1 aliphatic heterocycles. The van der Waals surface area contributed by atoms with Crippen molar-refractivity contribution in [3.63, 3.8) is 0 Å². The molecule has 1 aromatic heterocycles. The number of likely N-dealkylation sites (tertiary alicyclic amines) is 1. The molecule has 114 valence electrons. The van der Waals surface area contributed by atoms with Gasteiger partial charge in [0.15, 0.2) is 0 Å². The molecule has 0 spiro atoms. The Kier molecular flexibility index (Phi) is 3.94. The second-order valence-electron chi connectivity index (χ2n) is 5.26. The van der Waals surface area contributed by atoms with Gasteiger partial charge in [-0.05, 0) is 29.1 Å². The van der Waals surface area contributed by atoms with Crippen LogP contribution in [0.25, 0.3) is 0 Å². The third-order valence-corrected chi connectivity index (χ3v) is 4.73. The fraction of sp³-hybridized carbons (Fsp3) is 0.250. The zero-order chi connectivity index (χ0) is 15.7. The summed E-state index contributed by atoms with van der Waals surface area (Å²) in [6.07, 6.45) is 0.246. The Labute approximate surface area is 131 Å². The van der Waals surface area contributed by atoms with Crippen LogP contribution in [0.3, 0.4) is 0 Å². The summed E-state index contributed by atoms with van der Waals surface area (Å²) in [6, 6.07) is 8.98. The van der Waals surface area contributed by atoms with E-state index in [9.17, 15) is 14.0 Å². The Hall–Kier alpha value is -2.21. The molecule has 3 rings (SSSR count). The van der Waals surface area contributed by atoms with Crippen LogP contribution >= 0.6 is 11.3 Å². The second-order valence-corrected chi connectivity index (χ2v) is 6.21. The standard InChI is InChI=1S/C16H15FN2O2S/c1-19-14(20)9-12(18-16(21)13-3-2-8-22-13)15(19)10-4-6-11(17)7-5-10/h2-8,12,15H,9H2,1H3,(H,18,21)/t12-,15-/m1/s1. The van der Waals surface area contributed by atoms with Crippen LogP contribution in [-0.2, 0) is 4.79 Å². The molecule has 1 fully saturated rings. The first-order valence-electron chi connectivity index (χ1n) is 6.92. The summed E-state index contributed by atoms with van der Waals surface area (Å²) in [7, 11) is 1.70. The van der Waals surface area contributed by atoms with Crippen molar-refractivity contribution in [1.82, 2.24) is 10.2 Å². The van der Waals surface area contributed by atoms with Crippen LogP contribution in [-0.4, -0.2) is 29.8 Å². The first-order valence-corrected chi connectivity index (χ1v) is 7.79. The lowest BCUT2D eigenvalue weighted by molar-refractivity contribution is -0.127. The Morgan fingerprint density at radius 2 is 2.05 bits per heavy atom. The second kappa shape index (κ2) is 5.88. The van der Waals surface area contributed by atoms with E-state index in [0.717, 1.165) is 5.56 Å². The highest BCUT2D eigenvalue weighted by molar-refractivity contribution is 7.12. The van der Waals surface area contributed by atoms with Crippen LogP contribution in [0.5, 0.6) is 0 Å². The van der Waals surface area contributed by atoms with E-state index in [0.29, 0.717) is 4.88 Å². The van der Waals surface area contributed by atoms with Gasteiger partial charge in [-0.1, -0.05) is 18.2 Å². The van der Waals surface area contributed by atoms with Gasteiger partial charge in [-0.2, -0.15) is 0 Å². The van der Waals surface area contributed by atoms with E-state index in [1.54, 1.807) is 30.1 Å². The molecule has 0 radical (unpaired) electrons. The van der Waals surface area contributed by atoms with E-state index in [1.165, 1.54) is 23.5 Å². The number of hydrogen-bond acceptors (Lipinski definition) is 3. The number of amides is 2. The molecule has 6 heteroatoms. The van der Waals surface area contributed by atoms with Crippen LogP contribution in [0.15, 0.2) is 41.8 Å². The van der Waals surface area contributed by atoms with Gasteiger partial charge in [0.1, 0.15) is 5.82 Å². The zero-order valence-corrected chi connectivity index (χ0v) is 12.8. The summed E-state index contributed by atoms with van der Waals surface area (Å²) < 4.78 is 13.1. The molecule has 22 heavy (non-hydrogen) atoms. The minimum atomic E-state index is -0.324. The molecule has 2 atom stereocenters. The van der Waals surface area contributed by atoms with Crippen molar-refractivity contribution >= 4 is 23.2 Å². The van der Waals surface area contributed by atoms with Crippen molar-refractivity contribution in [2.24, 2.45) is 0 Å². The third kappa shape index (κ3) is 2.74. The summed E-state index contributed by atoms with van der Waals surface area (Å²) in [5.41, 5.74) is 0.811. The summed E-state index contributed by atoms with van der Waals surface area (Å²) in [5.74, 6) is -0.545. The summed E-state index contributed by atoms with van der Waals surface area (Å²) in [5, 5.41) is 4.75. The third-order valence-electron chi connectivity index (χ3n) is 3.86. The highest BCUT2D eigenvalue weighted by Gasteiger charge is 2.39. The number of nitrogens with one attached hydrogen (secondary N) is 1. The van der Waals surface area contributed by atoms with Gasteiger partial charge in [0, 0.05) is 13.5 Å². The maximum Gasteiger partial charge on any atom is 0.261 e. The van der Waals surface area contributed by atoms with Crippen LogP contribution in [0.1, 0.15) is 27.7 Å². The minimum Gasteiger partial charge on any atom is -0.346 e. The molecular weight excluding hydrogens is 303 g/mol. The smallest absolute Gasteiger partial charge is 0.261 e. The maximum atomic E-state index is 13.1. The summed E-state index contributed by atoms with van der Waals surface area (Å²) in [4.78, 5) is 26.4. The van der Waals surface area contributed by atoms with Gasteiger partial charge in [-0.25, -0.2) is 4.39 Å². The van der Waals surface area contributed by atoms with E-state index in [2.05, 4.69) is 5.32 Å². The number of carbonyl (C=O) groups is 2. The fourth-order valence-electron chi connectivity index (χ4n) is 2.76. The van der Waals surface area contributed by atoms with Gasteiger partial charge in [0.2, 0.25) is 5.91 Å². The Balaban J connectivity index is 1.83. The Morgan fingerprint density at radius 1 is 1.32 bits per heavy atom. The van der Waals surface area contributed by atoms with E-state index in [1.807, 2.05) is 11.4 Å². The Bertz CT molecular complexity index is 685. The van der Waals surface area contributed by atoms with Crippen molar-refractivity contribution < 1.29 is 14.0 Å². The molecule has 0 bridgehead atoms. The predicted molar refractivity (Wildman–Crippen MR) is 82.1 cm³/mol. The van der Waals surface area contributed by atoms with Crippen LogP contribution in [0, 0.1) is 5.82 Å². The molecule has 1 N–H and O–H groups in total. The van der Waals surface area contributed by atoms with E-state index in [4.69, 9.17) is 0 Å². The van der Waals surface area contributed by atoms with Gasteiger partial charge in [-0.15, -0.1) is 11.3 Å². The summed E-state index contributed by atoms with van der Waals surface area (Å²) >= 11 is 1.35. The molecular formula is C16H15FN2O2S. The van der Waals surface area contributed by atoms with Crippen LogP contribution in [0.4, 0.5) is 4.39 Å². The molecule has 1 aromatic carbocycles. The number of carbonyl (C=O) groups excluding carboxylic acids is 2. The SMILES string of the molecule is CN1C(=O)C[C@@H](NC(=O)c2cccs2)[C@H]1c1ccc(F)cc1. The van der Waals surface area contributed by atoms with E-state index < -0.39 is 0 Å². The molecule has 2 aromatic rings. The number of halogens is 1. The van der Waals surface area contributed by atoms with Crippen molar-refractivity contribution in [3.8, 4) is 0 Å².